The average Bonchev–Trinajstić information content (AvgIpc) is 2.96. The molecule has 1 N–H and O–H groups in total. The van der Waals surface area contributed by atoms with Crippen molar-refractivity contribution in [2.24, 2.45) is 0 Å². The van der Waals surface area contributed by atoms with Crippen LogP contribution >= 0.6 is 11.3 Å². The van der Waals surface area contributed by atoms with Crippen LogP contribution in [0.15, 0.2) is 24.3 Å². The zero-order chi connectivity index (χ0) is 16.4. The number of rotatable bonds is 2. The molecule has 1 aliphatic heterocycles. The first-order valence-corrected chi connectivity index (χ1v) is 8.51. The zero-order valence-corrected chi connectivity index (χ0v) is 14.1. The molecular weight excluding hydrogens is 312 g/mol. The van der Waals surface area contributed by atoms with E-state index in [1.807, 2.05) is 31.3 Å². The first-order chi connectivity index (χ1) is 11.0. The number of likely N-dealkylation sites (tertiary alicyclic amines) is 1. The van der Waals surface area contributed by atoms with E-state index in [1.54, 1.807) is 16.7 Å². The van der Waals surface area contributed by atoms with Crippen molar-refractivity contribution < 1.29 is 9.59 Å². The van der Waals surface area contributed by atoms with E-state index in [9.17, 15) is 9.59 Å². The molecule has 0 radical (unpaired) electrons. The summed E-state index contributed by atoms with van der Waals surface area (Å²) in [6.07, 6.45) is 1.62. The second kappa shape index (κ2) is 6.54. The topological polar surface area (TPSA) is 65.5 Å². The van der Waals surface area contributed by atoms with Crippen molar-refractivity contribution in [3.63, 3.8) is 0 Å². The number of fused-ring (bicyclic) bond motifs is 1. The van der Waals surface area contributed by atoms with Gasteiger partial charge in [0.15, 0.2) is 5.13 Å². The summed E-state index contributed by atoms with van der Waals surface area (Å²) in [6.45, 7) is 2.88. The Morgan fingerprint density at radius 2 is 2.00 bits per heavy atom. The van der Waals surface area contributed by atoms with Crippen molar-refractivity contribution in [1.29, 1.82) is 0 Å². The highest BCUT2D eigenvalue weighted by molar-refractivity contribution is 7.22. The minimum atomic E-state index is -0.118. The Balaban J connectivity index is 1.58. The molecule has 1 aromatic heterocycles. The number of amides is 3. The molecule has 1 saturated heterocycles. The third-order valence-electron chi connectivity index (χ3n) is 4.30. The predicted molar refractivity (Wildman–Crippen MR) is 91.7 cm³/mol. The fourth-order valence-corrected chi connectivity index (χ4v) is 3.67. The van der Waals surface area contributed by atoms with Crippen molar-refractivity contribution in [3.8, 4) is 0 Å². The van der Waals surface area contributed by atoms with Crippen LogP contribution in [-0.2, 0) is 4.79 Å². The fourth-order valence-electron chi connectivity index (χ4n) is 2.81. The Bertz CT molecular complexity index is 689. The smallest absolute Gasteiger partial charge is 0.323 e. The molecule has 3 amide bonds. The number of hydrogen-bond acceptors (Lipinski definition) is 4. The normalized spacial score (nSPS) is 15.7. The van der Waals surface area contributed by atoms with Gasteiger partial charge in [-0.05, 0) is 25.0 Å². The number of hydrogen-bond donors (Lipinski definition) is 1. The second-order valence-electron chi connectivity index (χ2n) is 5.77. The standard InChI is InChI=1S/C16H20N4O2S/c1-11(21)19(2)12-7-9-20(10-8-12)16(22)18-15-17-13-5-3-4-6-14(13)23-15/h3-6,12H,7-10H2,1-2H3,(H,17,18,22). The van der Waals surface area contributed by atoms with Crippen molar-refractivity contribution in [3.05, 3.63) is 24.3 Å². The number of nitrogens with one attached hydrogen (secondary N) is 1. The molecule has 1 aromatic carbocycles. The van der Waals surface area contributed by atoms with Gasteiger partial charge in [0.25, 0.3) is 0 Å². The highest BCUT2D eigenvalue weighted by atomic mass is 32.1. The molecule has 1 aliphatic rings. The van der Waals surface area contributed by atoms with Crippen LogP contribution in [0.4, 0.5) is 9.93 Å². The lowest BCUT2D eigenvalue weighted by atomic mass is 10.0. The van der Waals surface area contributed by atoms with Crippen LogP contribution in [0.3, 0.4) is 0 Å². The minimum absolute atomic E-state index is 0.0716. The van der Waals surface area contributed by atoms with Crippen LogP contribution in [0.1, 0.15) is 19.8 Å². The summed E-state index contributed by atoms with van der Waals surface area (Å²) in [7, 11) is 1.82. The monoisotopic (exact) mass is 332 g/mol. The largest absolute Gasteiger partial charge is 0.343 e. The number of aromatic nitrogens is 1. The van der Waals surface area contributed by atoms with E-state index in [0.717, 1.165) is 23.1 Å². The number of nitrogens with zero attached hydrogens (tertiary/aromatic N) is 3. The SMILES string of the molecule is CC(=O)N(C)C1CCN(C(=O)Nc2nc3ccccc3s2)CC1. The predicted octanol–water partition coefficient (Wildman–Crippen LogP) is 2.77. The first-order valence-electron chi connectivity index (χ1n) is 7.69. The fraction of sp³-hybridized carbons (Fsp3) is 0.438. The molecular formula is C16H20N4O2S. The van der Waals surface area contributed by atoms with E-state index in [-0.39, 0.29) is 18.0 Å². The van der Waals surface area contributed by atoms with Gasteiger partial charge in [0.05, 0.1) is 10.2 Å². The lowest BCUT2D eigenvalue weighted by molar-refractivity contribution is -0.130. The van der Waals surface area contributed by atoms with Gasteiger partial charge < -0.3 is 9.80 Å². The molecule has 1 fully saturated rings. The number of carbonyl (C=O) groups is 2. The van der Waals surface area contributed by atoms with Crippen LogP contribution in [0.2, 0.25) is 0 Å². The van der Waals surface area contributed by atoms with E-state index in [1.165, 1.54) is 11.3 Å². The molecule has 0 aliphatic carbocycles. The summed E-state index contributed by atoms with van der Waals surface area (Å²) in [4.78, 5) is 31.7. The molecule has 6 nitrogen and oxygen atoms in total. The van der Waals surface area contributed by atoms with Crippen molar-refractivity contribution in [2.45, 2.75) is 25.8 Å². The summed E-state index contributed by atoms with van der Waals surface area (Å²) >= 11 is 1.48. The van der Waals surface area contributed by atoms with Gasteiger partial charge in [-0.1, -0.05) is 23.5 Å². The third kappa shape index (κ3) is 3.44. The highest BCUT2D eigenvalue weighted by Crippen LogP contribution is 2.26. The Hall–Kier alpha value is -2.15. The molecule has 122 valence electrons. The maximum Gasteiger partial charge on any atom is 0.323 e. The maximum absolute atomic E-state index is 12.4. The van der Waals surface area contributed by atoms with E-state index in [0.29, 0.717) is 18.2 Å². The molecule has 0 atom stereocenters. The van der Waals surface area contributed by atoms with Gasteiger partial charge in [0.2, 0.25) is 5.91 Å². The molecule has 7 heteroatoms. The van der Waals surface area contributed by atoms with Crippen LogP contribution in [-0.4, -0.2) is 52.9 Å². The van der Waals surface area contributed by atoms with E-state index in [4.69, 9.17) is 0 Å². The third-order valence-corrected chi connectivity index (χ3v) is 5.26. The van der Waals surface area contributed by atoms with Crippen molar-refractivity contribution in [1.82, 2.24) is 14.8 Å². The van der Waals surface area contributed by atoms with Crippen LogP contribution < -0.4 is 5.32 Å². The Kier molecular flexibility index (Phi) is 4.47. The molecule has 2 heterocycles. The lowest BCUT2D eigenvalue weighted by Gasteiger charge is -2.36. The van der Waals surface area contributed by atoms with Crippen LogP contribution in [0.5, 0.6) is 0 Å². The van der Waals surface area contributed by atoms with E-state index < -0.39 is 0 Å². The van der Waals surface area contributed by atoms with E-state index >= 15 is 0 Å². The highest BCUT2D eigenvalue weighted by Gasteiger charge is 2.26. The second-order valence-corrected chi connectivity index (χ2v) is 6.80. The van der Waals surface area contributed by atoms with Gasteiger partial charge >= 0.3 is 6.03 Å². The average molecular weight is 332 g/mol. The van der Waals surface area contributed by atoms with Crippen LogP contribution in [0, 0.1) is 0 Å². The zero-order valence-electron chi connectivity index (χ0n) is 13.3. The molecule has 0 spiro atoms. The molecule has 3 rings (SSSR count). The van der Waals surface area contributed by atoms with E-state index in [2.05, 4.69) is 10.3 Å². The number of para-hydroxylation sites is 1. The van der Waals surface area contributed by atoms with Crippen molar-refractivity contribution >= 4 is 38.6 Å². The summed E-state index contributed by atoms with van der Waals surface area (Å²) in [5.74, 6) is 0.0716. The summed E-state index contributed by atoms with van der Waals surface area (Å²) in [6, 6.07) is 7.93. The molecule has 2 aromatic rings. The summed E-state index contributed by atoms with van der Waals surface area (Å²) < 4.78 is 1.06. The number of benzene rings is 1. The van der Waals surface area contributed by atoms with Crippen LogP contribution in [0.25, 0.3) is 10.2 Å². The van der Waals surface area contributed by atoms with Gasteiger partial charge in [-0.25, -0.2) is 9.78 Å². The van der Waals surface area contributed by atoms with Gasteiger partial charge in [-0.15, -0.1) is 0 Å². The Morgan fingerprint density at radius 3 is 2.65 bits per heavy atom. The first kappa shape index (κ1) is 15.7. The number of piperidine rings is 1. The number of anilines is 1. The minimum Gasteiger partial charge on any atom is -0.343 e. The molecule has 0 bridgehead atoms. The quantitative estimate of drug-likeness (QED) is 0.919. The number of thiazole rings is 1. The maximum atomic E-state index is 12.4. The van der Waals surface area contributed by atoms with Gasteiger partial charge in [0.1, 0.15) is 0 Å². The Labute approximate surface area is 139 Å². The van der Waals surface area contributed by atoms with Gasteiger partial charge in [-0.2, -0.15) is 0 Å². The van der Waals surface area contributed by atoms with Gasteiger partial charge in [0, 0.05) is 33.1 Å². The molecule has 23 heavy (non-hydrogen) atoms. The number of urea groups is 1. The summed E-state index contributed by atoms with van der Waals surface area (Å²) in [5, 5.41) is 3.51. The molecule has 0 unspecified atom stereocenters. The van der Waals surface area contributed by atoms with Gasteiger partial charge in [-0.3, -0.25) is 10.1 Å². The molecule has 0 saturated carbocycles. The Morgan fingerprint density at radius 1 is 1.30 bits per heavy atom. The summed E-state index contributed by atoms with van der Waals surface area (Å²) in [5.41, 5.74) is 0.898. The number of carbonyl (C=O) groups excluding carboxylic acids is 2. The lowest BCUT2D eigenvalue weighted by Crippen LogP contribution is -2.47. The van der Waals surface area contributed by atoms with Crippen molar-refractivity contribution in [2.75, 3.05) is 25.5 Å².